The van der Waals surface area contributed by atoms with Gasteiger partial charge in [0.15, 0.2) is 0 Å². The highest BCUT2D eigenvalue weighted by atomic mass is 16.3. The van der Waals surface area contributed by atoms with Crippen LogP contribution in [-0.4, -0.2) is 72.4 Å². The van der Waals surface area contributed by atoms with Crippen LogP contribution in [0.3, 0.4) is 0 Å². The zero-order valence-corrected chi connectivity index (χ0v) is 14.6. The summed E-state index contributed by atoms with van der Waals surface area (Å²) in [5.41, 5.74) is 2.26. The molecule has 6 heteroatoms. The number of hydrogen-bond acceptors (Lipinski definition) is 6. The smallest absolute Gasteiger partial charge is 0.227 e. The van der Waals surface area contributed by atoms with Gasteiger partial charge in [0.1, 0.15) is 5.82 Å². The molecule has 6 nitrogen and oxygen atoms in total. The fraction of sp³-hybridized carbons (Fsp3) is 0.765. The van der Waals surface area contributed by atoms with Crippen LogP contribution in [0.15, 0.2) is 0 Å². The predicted octanol–water partition coefficient (Wildman–Crippen LogP) is 1.20. The lowest BCUT2D eigenvalue weighted by molar-refractivity contribution is 0.170. The summed E-state index contributed by atoms with van der Waals surface area (Å²) in [5, 5.41) is 9.30. The SMILES string of the molecule is Cc1nc(N2CCCC2)nc(N2CCN(C)[C@H](CCO)C2)c1C. The van der Waals surface area contributed by atoms with E-state index in [4.69, 9.17) is 9.97 Å². The third-order valence-electron chi connectivity index (χ3n) is 5.28. The van der Waals surface area contributed by atoms with Crippen molar-refractivity contribution >= 4 is 11.8 Å². The predicted molar refractivity (Wildman–Crippen MR) is 93.3 cm³/mol. The van der Waals surface area contributed by atoms with Gasteiger partial charge in [0, 0.05) is 56.6 Å². The molecule has 0 spiro atoms. The van der Waals surface area contributed by atoms with Crippen LogP contribution in [0.25, 0.3) is 0 Å². The number of aromatic nitrogens is 2. The van der Waals surface area contributed by atoms with Crippen molar-refractivity contribution in [3.8, 4) is 0 Å². The van der Waals surface area contributed by atoms with Crippen molar-refractivity contribution in [2.75, 3.05) is 56.2 Å². The molecule has 128 valence electrons. The minimum atomic E-state index is 0.240. The minimum Gasteiger partial charge on any atom is -0.396 e. The van der Waals surface area contributed by atoms with E-state index in [1.807, 2.05) is 0 Å². The van der Waals surface area contributed by atoms with Gasteiger partial charge < -0.3 is 14.9 Å². The van der Waals surface area contributed by atoms with Crippen molar-refractivity contribution in [1.29, 1.82) is 0 Å². The van der Waals surface area contributed by atoms with Gasteiger partial charge >= 0.3 is 0 Å². The van der Waals surface area contributed by atoms with E-state index in [1.54, 1.807) is 0 Å². The molecule has 0 aliphatic carbocycles. The lowest BCUT2D eigenvalue weighted by atomic mass is 10.1. The van der Waals surface area contributed by atoms with E-state index in [0.717, 1.165) is 56.6 Å². The number of likely N-dealkylation sites (N-methyl/N-ethyl adjacent to an activating group) is 1. The molecule has 0 bridgehead atoms. The molecule has 23 heavy (non-hydrogen) atoms. The van der Waals surface area contributed by atoms with Gasteiger partial charge in [-0.05, 0) is 40.2 Å². The first-order valence-corrected chi connectivity index (χ1v) is 8.76. The Bertz CT molecular complexity index is 544. The lowest BCUT2D eigenvalue weighted by Crippen LogP contribution is -2.52. The second-order valence-corrected chi connectivity index (χ2v) is 6.84. The van der Waals surface area contributed by atoms with Crippen molar-refractivity contribution in [3.05, 3.63) is 11.3 Å². The average molecular weight is 319 g/mol. The molecule has 2 aliphatic rings. The molecule has 0 amide bonds. The van der Waals surface area contributed by atoms with Gasteiger partial charge in [-0.1, -0.05) is 0 Å². The molecule has 1 atom stereocenters. The number of aliphatic hydroxyl groups excluding tert-OH is 1. The number of hydrogen-bond donors (Lipinski definition) is 1. The van der Waals surface area contributed by atoms with E-state index >= 15 is 0 Å². The fourth-order valence-electron chi connectivity index (χ4n) is 3.56. The summed E-state index contributed by atoms with van der Waals surface area (Å²) in [4.78, 5) is 16.7. The number of rotatable bonds is 4. The topological polar surface area (TPSA) is 55.7 Å². The summed E-state index contributed by atoms with van der Waals surface area (Å²) < 4.78 is 0. The summed E-state index contributed by atoms with van der Waals surface area (Å²) in [6, 6.07) is 0.388. The van der Waals surface area contributed by atoms with E-state index < -0.39 is 0 Å². The molecule has 0 unspecified atom stereocenters. The van der Waals surface area contributed by atoms with Crippen molar-refractivity contribution in [3.63, 3.8) is 0 Å². The molecule has 0 saturated carbocycles. The van der Waals surface area contributed by atoms with Crippen LogP contribution in [0.4, 0.5) is 11.8 Å². The molecular formula is C17H29N5O. The molecule has 0 aromatic carbocycles. The van der Waals surface area contributed by atoms with E-state index in [9.17, 15) is 5.11 Å². The Morgan fingerprint density at radius 2 is 1.78 bits per heavy atom. The molecule has 1 aromatic rings. The Balaban J connectivity index is 1.86. The Kier molecular flexibility index (Phi) is 5.02. The van der Waals surface area contributed by atoms with E-state index in [1.165, 1.54) is 18.4 Å². The van der Waals surface area contributed by atoms with Gasteiger partial charge in [0.25, 0.3) is 0 Å². The van der Waals surface area contributed by atoms with Crippen LogP contribution < -0.4 is 9.80 Å². The Morgan fingerprint density at radius 3 is 2.48 bits per heavy atom. The van der Waals surface area contributed by atoms with E-state index in [0.29, 0.717) is 6.04 Å². The van der Waals surface area contributed by atoms with Gasteiger partial charge in [0.05, 0.1) is 0 Å². The maximum atomic E-state index is 9.30. The summed E-state index contributed by atoms with van der Waals surface area (Å²) in [6.07, 6.45) is 3.28. The van der Waals surface area contributed by atoms with Gasteiger partial charge in [-0.2, -0.15) is 4.98 Å². The molecule has 1 aromatic heterocycles. The highest BCUT2D eigenvalue weighted by Crippen LogP contribution is 2.27. The second-order valence-electron chi connectivity index (χ2n) is 6.84. The maximum absolute atomic E-state index is 9.30. The van der Waals surface area contributed by atoms with Gasteiger partial charge in [-0.25, -0.2) is 4.98 Å². The zero-order valence-electron chi connectivity index (χ0n) is 14.6. The van der Waals surface area contributed by atoms with Crippen molar-refractivity contribution in [2.45, 2.75) is 39.2 Å². The van der Waals surface area contributed by atoms with Crippen molar-refractivity contribution < 1.29 is 5.11 Å². The molecular weight excluding hydrogens is 290 g/mol. The monoisotopic (exact) mass is 319 g/mol. The molecule has 2 fully saturated rings. The number of nitrogens with zero attached hydrogens (tertiary/aromatic N) is 5. The lowest BCUT2D eigenvalue weighted by Gasteiger charge is -2.40. The van der Waals surface area contributed by atoms with Gasteiger partial charge in [0.2, 0.25) is 5.95 Å². The van der Waals surface area contributed by atoms with E-state index in [-0.39, 0.29) is 6.61 Å². The third kappa shape index (κ3) is 3.43. The van der Waals surface area contributed by atoms with Gasteiger partial charge in [-0.15, -0.1) is 0 Å². The Hall–Kier alpha value is -1.40. The zero-order chi connectivity index (χ0) is 16.4. The third-order valence-corrected chi connectivity index (χ3v) is 5.28. The van der Waals surface area contributed by atoms with Gasteiger partial charge in [-0.3, -0.25) is 4.90 Å². The first-order valence-electron chi connectivity index (χ1n) is 8.76. The number of anilines is 2. The van der Waals surface area contributed by atoms with Crippen LogP contribution in [-0.2, 0) is 0 Å². The van der Waals surface area contributed by atoms with Crippen LogP contribution in [0.2, 0.25) is 0 Å². The summed E-state index contributed by atoms with van der Waals surface area (Å²) >= 11 is 0. The van der Waals surface area contributed by atoms with Crippen molar-refractivity contribution in [2.24, 2.45) is 0 Å². The highest BCUT2D eigenvalue weighted by Gasteiger charge is 2.27. The normalized spacial score (nSPS) is 22.9. The molecule has 1 N–H and O–H groups in total. The highest BCUT2D eigenvalue weighted by molar-refractivity contribution is 5.53. The van der Waals surface area contributed by atoms with E-state index in [2.05, 4.69) is 35.6 Å². The molecule has 2 aliphatic heterocycles. The Labute approximate surface area is 139 Å². The average Bonchev–Trinajstić information content (AvgIpc) is 3.07. The minimum absolute atomic E-state index is 0.240. The van der Waals surface area contributed by atoms with Crippen molar-refractivity contribution in [1.82, 2.24) is 14.9 Å². The second kappa shape index (κ2) is 7.01. The van der Waals surface area contributed by atoms with Crippen LogP contribution in [0.5, 0.6) is 0 Å². The summed E-state index contributed by atoms with van der Waals surface area (Å²) in [5.74, 6) is 1.97. The largest absolute Gasteiger partial charge is 0.396 e. The summed E-state index contributed by atoms with van der Waals surface area (Å²) in [7, 11) is 2.14. The molecule has 3 heterocycles. The van der Waals surface area contributed by atoms with Crippen LogP contribution >= 0.6 is 0 Å². The quantitative estimate of drug-likeness (QED) is 0.900. The number of aryl methyl sites for hydroxylation is 1. The molecule has 3 rings (SSSR count). The number of piperazine rings is 1. The van der Waals surface area contributed by atoms with Crippen LogP contribution in [0.1, 0.15) is 30.5 Å². The van der Waals surface area contributed by atoms with Crippen LogP contribution in [0, 0.1) is 13.8 Å². The fourth-order valence-corrected chi connectivity index (χ4v) is 3.56. The number of aliphatic hydroxyl groups is 1. The Morgan fingerprint density at radius 1 is 1.04 bits per heavy atom. The molecule has 0 radical (unpaired) electrons. The summed E-state index contributed by atoms with van der Waals surface area (Å²) in [6.45, 7) is 9.49. The maximum Gasteiger partial charge on any atom is 0.227 e. The first kappa shape index (κ1) is 16.5. The molecule has 2 saturated heterocycles. The standard InChI is InChI=1S/C17H29N5O/c1-13-14(2)18-17(21-7-4-5-8-21)19-16(13)22-10-9-20(3)15(12-22)6-11-23/h15,23H,4-12H2,1-3H3/t15-/m1/s1. The first-order chi connectivity index (χ1) is 11.1.